The fraction of sp³-hybridized carbons (Fsp3) is 0.618. The quantitative estimate of drug-likeness (QED) is 0.317. The summed E-state index contributed by atoms with van der Waals surface area (Å²) in [5.41, 5.74) is 0.800. The van der Waals surface area contributed by atoms with Crippen molar-refractivity contribution in [1.82, 2.24) is 15.5 Å². The molecule has 0 aliphatic carbocycles. The molecule has 0 unspecified atom stereocenters. The highest BCUT2D eigenvalue weighted by molar-refractivity contribution is 9.10. The minimum absolute atomic E-state index is 0. The molecule has 0 saturated carbocycles. The fourth-order valence-corrected chi connectivity index (χ4v) is 4.62. The van der Waals surface area contributed by atoms with Crippen LogP contribution in [0.1, 0.15) is 70.7 Å². The smallest absolute Gasteiger partial charge is 0.410 e. The number of benzene rings is 2. The lowest BCUT2D eigenvalue weighted by Crippen LogP contribution is -2.48. The largest absolute Gasteiger partial charge is 0.489 e. The molecule has 2 saturated heterocycles. The van der Waals surface area contributed by atoms with Gasteiger partial charge in [-0.15, -0.1) is 0 Å². The lowest BCUT2D eigenvalue weighted by Gasteiger charge is -2.30. The topological polar surface area (TPSA) is 75.3 Å². The zero-order valence-electron chi connectivity index (χ0n) is 25.9. The molecule has 1 amide bonds. The third-order valence-corrected chi connectivity index (χ3v) is 6.90. The van der Waals surface area contributed by atoms with Gasteiger partial charge in [-0.2, -0.15) is 0 Å². The molecule has 11 heteroatoms. The Labute approximate surface area is 292 Å². The Balaban J connectivity index is 0. The van der Waals surface area contributed by atoms with E-state index in [0.29, 0.717) is 10.0 Å². The molecular formula is C34H59BrCl2N4O4. The summed E-state index contributed by atoms with van der Waals surface area (Å²) in [6.07, 6.45) is 0.0940. The zero-order valence-corrected chi connectivity index (χ0v) is 29.0. The van der Waals surface area contributed by atoms with E-state index in [9.17, 15) is 4.79 Å². The van der Waals surface area contributed by atoms with Crippen molar-refractivity contribution >= 4 is 50.9 Å². The molecule has 260 valence electrons. The Hall–Kier alpha value is -1.91. The Bertz CT molecular complexity index is 1100. The third kappa shape index (κ3) is 18.1. The number of carbonyl (C=O) groups is 1. The molecule has 0 spiro atoms. The lowest BCUT2D eigenvalue weighted by molar-refractivity contribution is 0.0229. The number of nitrogens with zero attached hydrogens (tertiary/aromatic N) is 2. The molecular weight excluding hydrogens is 679 g/mol. The number of anilines is 1. The van der Waals surface area contributed by atoms with Crippen LogP contribution in [0.2, 0.25) is 10.0 Å². The first-order chi connectivity index (χ1) is 19.7. The molecule has 2 heterocycles. The van der Waals surface area contributed by atoms with Gasteiger partial charge in [0.05, 0.1) is 22.3 Å². The maximum absolute atomic E-state index is 11.5. The van der Waals surface area contributed by atoms with E-state index >= 15 is 0 Å². The van der Waals surface area contributed by atoms with Gasteiger partial charge in [0.15, 0.2) is 0 Å². The Kier molecular flexibility index (Phi) is 22.7. The van der Waals surface area contributed by atoms with Crippen molar-refractivity contribution in [2.24, 2.45) is 0 Å². The van der Waals surface area contributed by atoms with Crippen LogP contribution in [0.25, 0.3) is 0 Å². The summed E-state index contributed by atoms with van der Waals surface area (Å²) in [6.45, 7) is 20.9. The highest BCUT2D eigenvalue weighted by Crippen LogP contribution is 2.31. The zero-order chi connectivity index (χ0) is 31.3. The summed E-state index contributed by atoms with van der Waals surface area (Å²) in [5, 5.41) is 7.85. The Morgan fingerprint density at radius 1 is 0.778 bits per heavy atom. The summed E-state index contributed by atoms with van der Waals surface area (Å²) in [5.74, 6) is 1.50. The number of ether oxygens (including phenoxy) is 3. The third-order valence-electron chi connectivity index (χ3n) is 5.78. The SMILES string of the molecule is C.C.C.CC(C)(C)OC(=O)N1CCNCC1.CC(C)Oc1cc(Br)ccc1Cl.CC(C)Oc1cc(N2CCNCC2)ccc1Cl. The van der Waals surface area contributed by atoms with Crippen molar-refractivity contribution < 1.29 is 19.0 Å². The summed E-state index contributed by atoms with van der Waals surface area (Å²) in [7, 11) is 0. The van der Waals surface area contributed by atoms with E-state index in [2.05, 4.69) is 37.5 Å². The first-order valence-electron chi connectivity index (χ1n) is 14.5. The monoisotopic (exact) mass is 736 g/mol. The number of nitrogens with one attached hydrogen (secondary N) is 2. The maximum atomic E-state index is 11.5. The van der Waals surface area contributed by atoms with Crippen molar-refractivity contribution in [1.29, 1.82) is 0 Å². The maximum Gasteiger partial charge on any atom is 0.410 e. The van der Waals surface area contributed by atoms with Crippen LogP contribution < -0.4 is 25.0 Å². The predicted molar refractivity (Wildman–Crippen MR) is 198 cm³/mol. The minimum atomic E-state index is -0.387. The van der Waals surface area contributed by atoms with Crippen LogP contribution in [0.15, 0.2) is 40.9 Å². The van der Waals surface area contributed by atoms with Crippen LogP contribution in [-0.2, 0) is 4.74 Å². The first kappa shape index (κ1) is 45.2. The van der Waals surface area contributed by atoms with Crippen LogP contribution in [-0.4, -0.2) is 81.2 Å². The minimum Gasteiger partial charge on any atom is -0.489 e. The van der Waals surface area contributed by atoms with Crippen LogP contribution in [0, 0.1) is 0 Å². The molecule has 2 fully saturated rings. The van der Waals surface area contributed by atoms with Crippen LogP contribution in [0.3, 0.4) is 0 Å². The van der Waals surface area contributed by atoms with E-state index in [1.807, 2.05) is 78.8 Å². The van der Waals surface area contributed by atoms with Crippen LogP contribution in [0.5, 0.6) is 11.5 Å². The van der Waals surface area contributed by atoms with Crippen molar-refractivity contribution in [3.63, 3.8) is 0 Å². The number of amides is 1. The number of hydrogen-bond acceptors (Lipinski definition) is 7. The van der Waals surface area contributed by atoms with Crippen molar-refractivity contribution in [2.45, 2.75) is 88.6 Å². The molecule has 8 nitrogen and oxygen atoms in total. The number of halogens is 3. The molecule has 4 rings (SSSR count). The average Bonchev–Trinajstić information content (AvgIpc) is 2.92. The van der Waals surface area contributed by atoms with Gasteiger partial charge in [0, 0.05) is 68.6 Å². The fourth-order valence-electron chi connectivity index (χ4n) is 3.95. The van der Waals surface area contributed by atoms with Crippen molar-refractivity contribution in [2.75, 3.05) is 57.3 Å². The second-order valence-electron chi connectivity index (χ2n) is 11.5. The van der Waals surface area contributed by atoms with Crippen molar-refractivity contribution in [3.8, 4) is 11.5 Å². The molecule has 2 aliphatic rings. The van der Waals surface area contributed by atoms with Gasteiger partial charge >= 0.3 is 6.09 Å². The van der Waals surface area contributed by atoms with E-state index in [4.69, 9.17) is 37.4 Å². The van der Waals surface area contributed by atoms with E-state index in [1.54, 1.807) is 4.90 Å². The highest BCUT2D eigenvalue weighted by Gasteiger charge is 2.22. The van der Waals surface area contributed by atoms with Gasteiger partial charge in [-0.3, -0.25) is 0 Å². The highest BCUT2D eigenvalue weighted by atomic mass is 79.9. The van der Waals surface area contributed by atoms with E-state index in [-0.39, 0.29) is 46.2 Å². The summed E-state index contributed by atoms with van der Waals surface area (Å²) >= 11 is 15.4. The Morgan fingerprint density at radius 2 is 1.22 bits per heavy atom. The molecule has 2 aromatic rings. The van der Waals surface area contributed by atoms with Gasteiger partial charge in [-0.1, -0.05) is 61.4 Å². The first-order valence-corrected chi connectivity index (χ1v) is 16.0. The standard InChI is InChI=1S/C13H19ClN2O.C9H10BrClO.C9H18N2O2.3CH4/c1-10(2)17-13-9-11(3-4-12(13)14)16-7-5-15-6-8-16;1-6(2)12-9-5-7(10)3-4-8(9)11;1-9(2,3)13-8(12)11-6-4-10-5-7-11;;;/h3-4,9-10,15H,5-8H2,1-2H3;3-6H,1-2H3;10H,4-7H2,1-3H3;3*1H4. The van der Waals surface area contributed by atoms with Gasteiger partial charge in [0.25, 0.3) is 0 Å². The van der Waals surface area contributed by atoms with E-state index < -0.39 is 0 Å². The number of hydrogen-bond donors (Lipinski definition) is 2. The molecule has 2 N–H and O–H groups in total. The number of piperazine rings is 2. The Morgan fingerprint density at radius 3 is 1.69 bits per heavy atom. The average molecular weight is 739 g/mol. The van der Waals surface area contributed by atoms with E-state index in [1.165, 1.54) is 5.69 Å². The van der Waals surface area contributed by atoms with Gasteiger partial charge in [0.1, 0.15) is 17.1 Å². The lowest BCUT2D eigenvalue weighted by atomic mass is 10.2. The summed E-state index contributed by atoms with van der Waals surface area (Å²) < 4.78 is 17.4. The van der Waals surface area contributed by atoms with Crippen LogP contribution in [0.4, 0.5) is 10.5 Å². The van der Waals surface area contributed by atoms with E-state index in [0.717, 1.165) is 68.3 Å². The second kappa shape index (κ2) is 22.6. The second-order valence-corrected chi connectivity index (χ2v) is 13.2. The molecule has 0 radical (unpaired) electrons. The number of rotatable bonds is 5. The van der Waals surface area contributed by atoms with Gasteiger partial charge in [-0.25, -0.2) is 4.79 Å². The molecule has 0 atom stereocenters. The predicted octanol–water partition coefficient (Wildman–Crippen LogP) is 9.16. The molecule has 0 bridgehead atoms. The van der Waals surface area contributed by atoms with Gasteiger partial charge < -0.3 is 34.6 Å². The number of carbonyl (C=O) groups excluding carboxylic acids is 1. The molecule has 0 aromatic heterocycles. The van der Waals surface area contributed by atoms with Gasteiger partial charge in [-0.05, 0) is 78.8 Å². The summed E-state index contributed by atoms with van der Waals surface area (Å²) in [4.78, 5) is 15.6. The van der Waals surface area contributed by atoms with Crippen molar-refractivity contribution in [3.05, 3.63) is 50.9 Å². The molecule has 2 aliphatic heterocycles. The normalized spacial score (nSPS) is 14.3. The molecule has 45 heavy (non-hydrogen) atoms. The molecule has 2 aromatic carbocycles. The van der Waals surface area contributed by atoms with Gasteiger partial charge in [0.2, 0.25) is 0 Å². The summed E-state index contributed by atoms with van der Waals surface area (Å²) in [6, 6.07) is 11.6. The van der Waals surface area contributed by atoms with Crippen LogP contribution >= 0.6 is 39.1 Å².